The molecule has 0 radical (unpaired) electrons. The molecule has 0 aliphatic heterocycles. The van der Waals surface area contributed by atoms with Crippen molar-refractivity contribution in [2.24, 2.45) is 17.8 Å². The summed E-state index contributed by atoms with van der Waals surface area (Å²) < 4.78 is 1.76. The van der Waals surface area contributed by atoms with Crippen LogP contribution in [-0.4, -0.2) is 20.6 Å². The van der Waals surface area contributed by atoms with Gasteiger partial charge in [0.1, 0.15) is 6.20 Å². The van der Waals surface area contributed by atoms with Crippen molar-refractivity contribution < 1.29 is 9.72 Å². The molecule has 1 N–H and O–H groups in total. The average molecular weight is 415 g/mol. The minimum Gasteiger partial charge on any atom is -0.320 e. The van der Waals surface area contributed by atoms with Gasteiger partial charge in [0.05, 0.1) is 10.5 Å². The molecule has 4 bridgehead atoms. The van der Waals surface area contributed by atoms with Gasteiger partial charge in [-0.15, -0.1) is 0 Å². The van der Waals surface area contributed by atoms with Crippen LogP contribution in [0.4, 0.5) is 11.4 Å². The number of aromatic nitrogens is 2. The normalized spacial score (nSPS) is 29.8. The zero-order valence-corrected chi connectivity index (χ0v) is 17.0. The number of nitro groups is 1. The van der Waals surface area contributed by atoms with Crippen molar-refractivity contribution >= 4 is 28.9 Å². The lowest BCUT2D eigenvalue weighted by atomic mass is 9.53. The molecular formula is C21H23ClN4O3. The monoisotopic (exact) mass is 414 g/mol. The topological polar surface area (TPSA) is 90.1 Å². The van der Waals surface area contributed by atoms with Gasteiger partial charge in [0.15, 0.2) is 0 Å². The maximum atomic E-state index is 12.8. The van der Waals surface area contributed by atoms with Crippen LogP contribution in [0.2, 0.25) is 5.02 Å². The zero-order chi connectivity index (χ0) is 20.3. The highest BCUT2D eigenvalue weighted by Crippen LogP contribution is 2.58. The number of amides is 1. The molecule has 1 amide bonds. The van der Waals surface area contributed by atoms with E-state index in [1.54, 1.807) is 22.9 Å². The molecule has 1 aromatic heterocycles. The summed E-state index contributed by atoms with van der Waals surface area (Å²) in [5.74, 6) is 1.45. The van der Waals surface area contributed by atoms with Crippen LogP contribution in [0.3, 0.4) is 0 Å². The van der Waals surface area contributed by atoms with Crippen molar-refractivity contribution in [2.45, 2.75) is 51.0 Å². The van der Waals surface area contributed by atoms with E-state index in [1.165, 1.54) is 25.5 Å². The number of nitrogens with one attached hydrogen (secondary N) is 1. The van der Waals surface area contributed by atoms with Gasteiger partial charge < -0.3 is 5.32 Å². The molecule has 8 heteroatoms. The van der Waals surface area contributed by atoms with E-state index < -0.39 is 10.8 Å². The molecule has 0 atom stereocenters. The minimum atomic E-state index is -0.583. The number of rotatable bonds is 4. The quantitative estimate of drug-likeness (QED) is 0.567. The predicted octanol–water partition coefficient (Wildman–Crippen LogP) is 4.93. The molecule has 1 heterocycles. The van der Waals surface area contributed by atoms with Gasteiger partial charge in [-0.1, -0.05) is 17.7 Å². The fraction of sp³-hybridized carbons (Fsp3) is 0.524. The number of carbonyl (C=O) groups excluding carboxylic acids is 1. The number of carbonyl (C=O) groups is 1. The second kappa shape index (κ2) is 6.55. The SMILES string of the molecule is Cc1ccc(NC(=O)c2nn(C34CC5CC(CC(C5)C3)C4)cc2[N+](=O)[O-])cc1Cl. The van der Waals surface area contributed by atoms with Crippen molar-refractivity contribution in [1.29, 1.82) is 0 Å². The third kappa shape index (κ3) is 3.12. The largest absolute Gasteiger partial charge is 0.320 e. The zero-order valence-electron chi connectivity index (χ0n) is 16.2. The van der Waals surface area contributed by atoms with Crippen LogP contribution in [0.25, 0.3) is 0 Å². The van der Waals surface area contributed by atoms with E-state index in [1.807, 2.05) is 6.92 Å². The number of hydrogen-bond acceptors (Lipinski definition) is 4. The van der Waals surface area contributed by atoms with E-state index in [-0.39, 0.29) is 16.9 Å². The molecule has 1 aromatic carbocycles. The van der Waals surface area contributed by atoms with Gasteiger partial charge in [0, 0.05) is 10.7 Å². The van der Waals surface area contributed by atoms with Crippen molar-refractivity contribution in [2.75, 3.05) is 5.32 Å². The number of benzene rings is 1. The van der Waals surface area contributed by atoms with E-state index in [2.05, 4.69) is 10.4 Å². The number of nitrogens with zero attached hydrogens (tertiary/aromatic N) is 3. The van der Waals surface area contributed by atoms with Crippen LogP contribution < -0.4 is 5.32 Å². The van der Waals surface area contributed by atoms with E-state index >= 15 is 0 Å². The number of halogens is 1. The Kier molecular flexibility index (Phi) is 4.21. The summed E-state index contributed by atoms with van der Waals surface area (Å²) in [6.45, 7) is 1.87. The fourth-order valence-electron chi connectivity index (χ4n) is 6.11. The van der Waals surface area contributed by atoms with Crippen LogP contribution in [0, 0.1) is 34.8 Å². The smallest absolute Gasteiger partial charge is 0.320 e. The van der Waals surface area contributed by atoms with Gasteiger partial charge >= 0.3 is 5.69 Å². The van der Waals surface area contributed by atoms with Gasteiger partial charge in [-0.05, 0) is 80.9 Å². The van der Waals surface area contributed by atoms with Crippen molar-refractivity contribution in [3.05, 3.63) is 50.8 Å². The van der Waals surface area contributed by atoms with E-state index in [0.29, 0.717) is 28.5 Å². The molecule has 4 aliphatic rings. The molecule has 4 fully saturated rings. The first-order valence-corrected chi connectivity index (χ1v) is 10.5. The maximum Gasteiger partial charge on any atom is 0.320 e. The number of aryl methyl sites for hydroxylation is 1. The second-order valence-electron chi connectivity index (χ2n) is 9.12. The Bertz CT molecular complexity index is 980. The Morgan fingerprint density at radius 3 is 2.41 bits per heavy atom. The highest BCUT2D eigenvalue weighted by atomic mass is 35.5. The van der Waals surface area contributed by atoms with Gasteiger partial charge in [-0.25, -0.2) is 0 Å². The van der Waals surface area contributed by atoms with Crippen molar-refractivity contribution in [3.63, 3.8) is 0 Å². The molecule has 0 saturated heterocycles. The summed E-state index contributed by atoms with van der Waals surface area (Å²) in [5.41, 5.74) is 0.829. The number of hydrogen-bond donors (Lipinski definition) is 1. The molecule has 4 aliphatic carbocycles. The van der Waals surface area contributed by atoms with Crippen LogP contribution in [-0.2, 0) is 5.54 Å². The lowest BCUT2D eigenvalue weighted by Crippen LogP contribution is -2.52. The highest BCUT2D eigenvalue weighted by Gasteiger charge is 2.53. The minimum absolute atomic E-state index is 0.137. The molecular weight excluding hydrogens is 392 g/mol. The third-order valence-electron chi connectivity index (χ3n) is 7.03. The molecule has 6 rings (SSSR count). The fourth-order valence-corrected chi connectivity index (χ4v) is 6.29. The van der Waals surface area contributed by atoms with E-state index in [0.717, 1.165) is 24.8 Å². The van der Waals surface area contributed by atoms with Crippen LogP contribution >= 0.6 is 11.6 Å². The summed E-state index contributed by atoms with van der Waals surface area (Å²) in [4.78, 5) is 24.0. The third-order valence-corrected chi connectivity index (χ3v) is 7.44. The Morgan fingerprint density at radius 2 is 1.86 bits per heavy atom. The first kappa shape index (κ1) is 18.6. The van der Waals surface area contributed by atoms with Crippen LogP contribution in [0.1, 0.15) is 54.6 Å². The first-order valence-electron chi connectivity index (χ1n) is 10.1. The summed E-state index contributed by atoms with van der Waals surface area (Å²) >= 11 is 6.13. The van der Waals surface area contributed by atoms with Crippen LogP contribution in [0.5, 0.6) is 0 Å². The molecule has 4 saturated carbocycles. The Balaban J connectivity index is 1.47. The van der Waals surface area contributed by atoms with E-state index in [9.17, 15) is 14.9 Å². The molecule has 29 heavy (non-hydrogen) atoms. The van der Waals surface area contributed by atoms with Crippen LogP contribution in [0.15, 0.2) is 24.4 Å². The Hall–Kier alpha value is -2.41. The second-order valence-corrected chi connectivity index (χ2v) is 9.53. The Morgan fingerprint density at radius 1 is 1.24 bits per heavy atom. The molecule has 0 spiro atoms. The van der Waals surface area contributed by atoms with Crippen molar-refractivity contribution in [1.82, 2.24) is 9.78 Å². The summed E-state index contributed by atoms with van der Waals surface area (Å²) in [7, 11) is 0. The summed E-state index contributed by atoms with van der Waals surface area (Å²) in [6.07, 6.45) is 8.30. The summed E-state index contributed by atoms with van der Waals surface area (Å²) in [6, 6.07) is 5.15. The van der Waals surface area contributed by atoms with Gasteiger partial charge in [-0.2, -0.15) is 5.10 Å². The van der Waals surface area contributed by atoms with Gasteiger partial charge in [0.2, 0.25) is 5.69 Å². The molecule has 7 nitrogen and oxygen atoms in total. The predicted molar refractivity (Wildman–Crippen MR) is 109 cm³/mol. The maximum absolute atomic E-state index is 12.8. The standard InChI is InChI=1S/C21H23ClN4O3/c1-12-2-3-16(7-17(12)22)23-20(27)19-18(26(28)29)11-25(24-19)21-8-13-4-14(9-21)6-15(5-13)10-21/h2-3,7,11,13-15H,4-6,8-10H2,1H3,(H,23,27). The number of anilines is 1. The Labute approximate surface area is 173 Å². The summed E-state index contributed by atoms with van der Waals surface area (Å²) in [5, 5.41) is 19.4. The van der Waals surface area contributed by atoms with Gasteiger partial charge in [-0.3, -0.25) is 19.6 Å². The highest BCUT2D eigenvalue weighted by molar-refractivity contribution is 6.31. The average Bonchev–Trinajstić information content (AvgIpc) is 3.10. The lowest BCUT2D eigenvalue weighted by Gasteiger charge is -2.56. The van der Waals surface area contributed by atoms with Crippen molar-refractivity contribution in [3.8, 4) is 0 Å². The van der Waals surface area contributed by atoms with Gasteiger partial charge in [0.25, 0.3) is 5.91 Å². The molecule has 2 aromatic rings. The lowest BCUT2D eigenvalue weighted by molar-refractivity contribution is -0.385. The first-order chi connectivity index (χ1) is 13.8. The molecule has 152 valence electrons. The molecule has 0 unspecified atom stereocenters. The van der Waals surface area contributed by atoms with E-state index in [4.69, 9.17) is 11.6 Å².